The number of aryl methyl sites for hydroxylation is 1. The van der Waals surface area contributed by atoms with E-state index >= 15 is 0 Å². The van der Waals surface area contributed by atoms with Gasteiger partial charge in [-0.25, -0.2) is 0 Å². The van der Waals surface area contributed by atoms with Crippen LogP contribution in [0.3, 0.4) is 0 Å². The summed E-state index contributed by atoms with van der Waals surface area (Å²) in [5.74, 6) is -0.0791. The summed E-state index contributed by atoms with van der Waals surface area (Å²) in [7, 11) is 6.96. The number of nitrogens with zero attached hydrogens (tertiary/aromatic N) is 8. The highest BCUT2D eigenvalue weighted by Gasteiger charge is 2.37. The Morgan fingerprint density at radius 2 is 1.78 bits per heavy atom. The second-order valence-electron chi connectivity index (χ2n) is 12.3. The monoisotopic (exact) mass is 681 g/mol. The third-order valence-electron chi connectivity index (χ3n) is 9.02. The highest BCUT2D eigenvalue weighted by molar-refractivity contribution is 5.97. The zero-order chi connectivity index (χ0) is 35.8. The number of anilines is 2. The maximum absolute atomic E-state index is 14.1. The van der Waals surface area contributed by atoms with Gasteiger partial charge in [0.15, 0.2) is 0 Å². The van der Waals surface area contributed by atoms with Crippen LogP contribution in [0.25, 0.3) is 6.08 Å². The van der Waals surface area contributed by atoms with E-state index in [1.54, 1.807) is 51.5 Å². The third kappa shape index (κ3) is 6.78. The standard InChI is InChI=1S/C34H42F3N9O3/c1-8-25-23(19-42(6)40-25)31(48)45-17-15-44(16-18-45)30-27(9-2)46(33(43(7)32(30)49)39-28(10-3)41(4)5)20-29(47)38-26-14-13-24(34(35,36)37)21-11-12-22(21)26/h8,10,13-14,19H,1,9,11-12,15-18,20H2,2-7H3,(H,38,47)/b28-10?,39-33+. The Kier molecular flexibility index (Phi) is 9.92. The van der Waals surface area contributed by atoms with Gasteiger partial charge in [-0.15, -0.1) is 0 Å². The van der Waals surface area contributed by atoms with Crippen LogP contribution in [-0.2, 0) is 50.9 Å². The fourth-order valence-corrected chi connectivity index (χ4v) is 6.48. The number of aromatic nitrogens is 4. The summed E-state index contributed by atoms with van der Waals surface area (Å²) in [6.45, 7) is 8.66. The lowest BCUT2D eigenvalue weighted by Gasteiger charge is -2.37. The number of alkyl halides is 3. The lowest BCUT2D eigenvalue weighted by molar-refractivity contribution is -0.138. The summed E-state index contributed by atoms with van der Waals surface area (Å²) in [5.41, 5.74) is 2.23. The van der Waals surface area contributed by atoms with E-state index in [0.29, 0.717) is 85.2 Å². The molecule has 2 aliphatic rings. The molecule has 0 bridgehead atoms. The maximum atomic E-state index is 14.1. The van der Waals surface area contributed by atoms with E-state index in [-0.39, 0.29) is 29.2 Å². The van der Waals surface area contributed by atoms with Gasteiger partial charge in [-0.1, -0.05) is 13.5 Å². The lowest BCUT2D eigenvalue weighted by atomic mass is 9.83. The topological polar surface area (TPSA) is 113 Å². The van der Waals surface area contributed by atoms with Crippen molar-refractivity contribution >= 4 is 29.3 Å². The van der Waals surface area contributed by atoms with E-state index in [1.165, 1.54) is 10.6 Å². The molecule has 1 fully saturated rings. The minimum Gasteiger partial charge on any atom is -0.363 e. The normalized spacial score (nSPS) is 15.2. The van der Waals surface area contributed by atoms with E-state index in [2.05, 4.69) is 17.0 Å². The van der Waals surface area contributed by atoms with Gasteiger partial charge in [0.2, 0.25) is 11.5 Å². The fourth-order valence-electron chi connectivity index (χ4n) is 6.48. The second-order valence-corrected chi connectivity index (χ2v) is 12.3. The van der Waals surface area contributed by atoms with Gasteiger partial charge in [-0.3, -0.25) is 23.6 Å². The van der Waals surface area contributed by atoms with Crippen molar-refractivity contribution in [1.29, 1.82) is 0 Å². The first-order chi connectivity index (χ1) is 23.2. The molecular weight excluding hydrogens is 639 g/mol. The number of hydrogen-bond acceptors (Lipinski definition) is 7. The van der Waals surface area contributed by atoms with Crippen LogP contribution in [0.1, 0.15) is 52.3 Å². The number of carbonyl (C=O) groups is 2. The van der Waals surface area contributed by atoms with Crippen LogP contribution in [-0.4, -0.2) is 80.8 Å². The van der Waals surface area contributed by atoms with Gasteiger partial charge in [0.25, 0.3) is 11.5 Å². The molecule has 0 saturated carbocycles. The van der Waals surface area contributed by atoms with Gasteiger partial charge in [-0.2, -0.15) is 23.3 Å². The number of rotatable bonds is 9. The van der Waals surface area contributed by atoms with Crippen molar-refractivity contribution in [1.82, 2.24) is 28.7 Å². The molecule has 1 aromatic carbocycles. The molecule has 0 radical (unpaired) electrons. The number of hydrogen-bond donors (Lipinski definition) is 1. The molecule has 12 nitrogen and oxygen atoms in total. The number of allylic oxidation sites excluding steroid dienone is 1. The van der Waals surface area contributed by atoms with Crippen LogP contribution in [0.5, 0.6) is 0 Å². The molecule has 5 rings (SSSR count). The summed E-state index contributed by atoms with van der Waals surface area (Å²) in [4.78, 5) is 51.3. The fraction of sp³-hybridized carbons (Fsp3) is 0.441. The molecule has 0 atom stereocenters. The Bertz CT molecular complexity index is 1960. The maximum Gasteiger partial charge on any atom is 0.416 e. The predicted octanol–water partition coefficient (Wildman–Crippen LogP) is 3.17. The SMILES string of the molecule is C=Cc1nn(C)cc1C(=O)N1CCN(c2c(CC)n(CC(=O)Nc3ccc(C(F)(F)F)c4c3CC4)/c(=N/C(=CC)N(C)C)n(C)c2=O)CC1. The highest BCUT2D eigenvalue weighted by atomic mass is 19.4. The van der Waals surface area contributed by atoms with E-state index in [4.69, 9.17) is 4.99 Å². The van der Waals surface area contributed by atoms with Crippen LogP contribution < -0.4 is 21.4 Å². The van der Waals surface area contributed by atoms with Crippen molar-refractivity contribution < 1.29 is 22.8 Å². The van der Waals surface area contributed by atoms with Crippen molar-refractivity contribution in [2.24, 2.45) is 19.1 Å². The Morgan fingerprint density at radius 3 is 2.33 bits per heavy atom. The van der Waals surface area contributed by atoms with Gasteiger partial charge in [0, 0.05) is 66.3 Å². The molecular formula is C34H42F3N9O3. The zero-order valence-electron chi connectivity index (χ0n) is 28.7. The first-order valence-corrected chi connectivity index (χ1v) is 16.1. The van der Waals surface area contributed by atoms with Crippen molar-refractivity contribution in [2.75, 3.05) is 50.5 Å². The molecule has 2 amide bonds. The Hall–Kier alpha value is -5.08. The number of piperazine rings is 1. The van der Waals surface area contributed by atoms with E-state index in [9.17, 15) is 27.6 Å². The molecule has 49 heavy (non-hydrogen) atoms. The number of nitrogens with one attached hydrogen (secondary N) is 1. The summed E-state index contributed by atoms with van der Waals surface area (Å²) < 4.78 is 45.2. The number of amides is 2. The van der Waals surface area contributed by atoms with Gasteiger partial charge >= 0.3 is 6.18 Å². The smallest absolute Gasteiger partial charge is 0.363 e. The average molecular weight is 682 g/mol. The van der Waals surface area contributed by atoms with Crippen LogP contribution in [0.2, 0.25) is 0 Å². The third-order valence-corrected chi connectivity index (χ3v) is 9.02. The van der Waals surface area contributed by atoms with Crippen molar-refractivity contribution in [3.8, 4) is 0 Å². The Labute approximate surface area is 282 Å². The highest BCUT2D eigenvalue weighted by Crippen LogP contribution is 2.41. The molecule has 2 aromatic heterocycles. The Morgan fingerprint density at radius 1 is 1.10 bits per heavy atom. The molecule has 15 heteroatoms. The lowest BCUT2D eigenvalue weighted by Crippen LogP contribution is -2.53. The van der Waals surface area contributed by atoms with Gasteiger partial charge in [0.1, 0.15) is 18.1 Å². The van der Waals surface area contributed by atoms with Crippen molar-refractivity contribution in [3.63, 3.8) is 0 Å². The van der Waals surface area contributed by atoms with Crippen LogP contribution in [0, 0.1) is 0 Å². The van der Waals surface area contributed by atoms with Crippen LogP contribution in [0.15, 0.2) is 46.6 Å². The predicted molar refractivity (Wildman–Crippen MR) is 181 cm³/mol. The average Bonchev–Trinajstić information content (AvgIpc) is 3.42. The molecule has 1 aliphatic carbocycles. The molecule has 262 valence electrons. The van der Waals surface area contributed by atoms with E-state index in [0.717, 1.165) is 6.07 Å². The number of benzene rings is 1. The summed E-state index contributed by atoms with van der Waals surface area (Å²) in [6.07, 6.45) is 1.63. The van der Waals surface area contributed by atoms with Crippen LogP contribution in [0.4, 0.5) is 24.5 Å². The molecule has 0 unspecified atom stereocenters. The molecule has 0 spiro atoms. The first kappa shape index (κ1) is 35.2. The summed E-state index contributed by atoms with van der Waals surface area (Å²) in [5, 5.41) is 7.11. The van der Waals surface area contributed by atoms with E-state index < -0.39 is 17.6 Å². The van der Waals surface area contributed by atoms with Gasteiger partial charge < -0.3 is 24.6 Å². The first-order valence-electron chi connectivity index (χ1n) is 16.1. The van der Waals surface area contributed by atoms with Crippen LogP contribution >= 0.6 is 0 Å². The number of carbonyl (C=O) groups excluding carboxylic acids is 2. The minimum atomic E-state index is -4.47. The summed E-state index contributed by atoms with van der Waals surface area (Å²) in [6, 6.07) is 2.31. The number of fused-ring (bicyclic) bond motifs is 1. The quantitative estimate of drug-likeness (QED) is 0.372. The molecule has 3 aromatic rings. The second kappa shape index (κ2) is 13.8. The van der Waals surface area contributed by atoms with Gasteiger partial charge in [0.05, 0.1) is 22.5 Å². The molecule has 1 N–H and O–H groups in total. The Balaban J connectivity index is 1.51. The van der Waals surface area contributed by atoms with Crippen molar-refractivity contribution in [3.05, 3.63) is 86.4 Å². The zero-order valence-corrected chi connectivity index (χ0v) is 28.7. The molecule has 3 heterocycles. The largest absolute Gasteiger partial charge is 0.416 e. The van der Waals surface area contributed by atoms with E-state index in [1.807, 2.05) is 32.8 Å². The van der Waals surface area contributed by atoms with Crippen molar-refractivity contribution in [2.45, 2.75) is 45.8 Å². The number of halogens is 3. The minimum absolute atomic E-state index is 0.173. The summed E-state index contributed by atoms with van der Waals surface area (Å²) >= 11 is 0. The molecule has 1 saturated heterocycles. The van der Waals surface area contributed by atoms with Gasteiger partial charge in [-0.05, 0) is 61.6 Å². The molecule has 1 aliphatic heterocycles.